The van der Waals surface area contributed by atoms with Crippen molar-refractivity contribution in [1.29, 1.82) is 0 Å². The maximum absolute atomic E-state index is 12.2. The van der Waals surface area contributed by atoms with Crippen molar-refractivity contribution in [2.45, 2.75) is 0 Å². The van der Waals surface area contributed by atoms with E-state index in [9.17, 15) is 4.79 Å². The van der Waals surface area contributed by atoms with Crippen LogP contribution in [0.3, 0.4) is 0 Å². The zero-order chi connectivity index (χ0) is 15.2. The molecule has 1 aromatic heterocycles. The number of carbonyl (C=O) groups excluding carboxylic acids is 1. The Kier molecular flexibility index (Phi) is 5.21. The lowest BCUT2D eigenvalue weighted by Crippen LogP contribution is -2.38. The second-order valence-corrected chi connectivity index (χ2v) is 5.95. The van der Waals surface area contributed by atoms with Crippen molar-refractivity contribution in [2.75, 3.05) is 39.5 Å². The third kappa shape index (κ3) is 3.94. The van der Waals surface area contributed by atoms with E-state index in [2.05, 4.69) is 4.90 Å². The van der Waals surface area contributed by atoms with E-state index in [4.69, 9.17) is 9.47 Å². The first-order valence-corrected chi connectivity index (χ1v) is 8.37. The number of hydrogen-bond donors (Lipinski definition) is 0. The molecule has 1 aliphatic heterocycles. The third-order valence-electron chi connectivity index (χ3n) is 3.68. The first-order chi connectivity index (χ1) is 10.8. The second-order valence-electron chi connectivity index (χ2n) is 5.17. The van der Waals surface area contributed by atoms with E-state index in [0.29, 0.717) is 12.2 Å². The number of ether oxygens (including phenoxy) is 2. The van der Waals surface area contributed by atoms with Gasteiger partial charge in [0.1, 0.15) is 12.4 Å². The van der Waals surface area contributed by atoms with Gasteiger partial charge in [-0.2, -0.15) is 11.3 Å². The van der Waals surface area contributed by atoms with Crippen LogP contribution in [0.1, 0.15) is 15.9 Å². The molecule has 0 radical (unpaired) electrons. The first-order valence-electron chi connectivity index (χ1n) is 7.43. The molecule has 1 fully saturated rings. The summed E-state index contributed by atoms with van der Waals surface area (Å²) in [6, 6.07) is 9.21. The van der Waals surface area contributed by atoms with E-state index in [1.165, 1.54) is 11.3 Å². The highest BCUT2D eigenvalue weighted by atomic mass is 32.1. The molecule has 1 saturated heterocycles. The molecule has 0 saturated carbocycles. The Morgan fingerprint density at radius 3 is 2.59 bits per heavy atom. The molecule has 0 unspecified atom stereocenters. The highest BCUT2D eigenvalue weighted by molar-refractivity contribution is 7.08. The Labute approximate surface area is 134 Å². The Morgan fingerprint density at radius 1 is 1.14 bits per heavy atom. The van der Waals surface area contributed by atoms with Gasteiger partial charge in [0, 0.05) is 36.1 Å². The van der Waals surface area contributed by atoms with Gasteiger partial charge in [0.2, 0.25) is 0 Å². The maximum Gasteiger partial charge on any atom is 0.193 e. The smallest absolute Gasteiger partial charge is 0.193 e. The van der Waals surface area contributed by atoms with Crippen LogP contribution in [0.2, 0.25) is 0 Å². The topological polar surface area (TPSA) is 38.8 Å². The fourth-order valence-corrected chi connectivity index (χ4v) is 3.02. The van der Waals surface area contributed by atoms with Crippen LogP contribution in [-0.4, -0.2) is 50.1 Å². The van der Waals surface area contributed by atoms with Crippen molar-refractivity contribution in [3.8, 4) is 5.75 Å². The van der Waals surface area contributed by atoms with Crippen molar-refractivity contribution >= 4 is 17.1 Å². The lowest BCUT2D eigenvalue weighted by atomic mass is 10.1. The SMILES string of the molecule is O=C(c1ccc(OCCN2CCOCC2)cc1)c1ccsc1. The molecular weight excluding hydrogens is 298 g/mol. The quantitative estimate of drug-likeness (QED) is 0.768. The molecule has 0 atom stereocenters. The minimum absolute atomic E-state index is 0.0566. The van der Waals surface area contributed by atoms with Crippen LogP contribution >= 0.6 is 11.3 Å². The lowest BCUT2D eigenvalue weighted by molar-refractivity contribution is 0.0322. The standard InChI is InChI=1S/C17H19NO3S/c19-17(15-5-12-22-13-15)14-1-3-16(4-2-14)21-11-8-18-6-9-20-10-7-18/h1-5,12-13H,6-11H2. The molecule has 0 N–H and O–H groups in total. The molecular formula is C17H19NO3S. The lowest BCUT2D eigenvalue weighted by Gasteiger charge is -2.26. The summed E-state index contributed by atoms with van der Waals surface area (Å²) in [6.45, 7) is 5.10. The zero-order valence-corrected chi connectivity index (χ0v) is 13.2. The highest BCUT2D eigenvalue weighted by Crippen LogP contribution is 2.17. The van der Waals surface area contributed by atoms with Gasteiger partial charge in [-0.05, 0) is 35.7 Å². The molecule has 4 nitrogen and oxygen atoms in total. The molecule has 1 aliphatic rings. The Hall–Kier alpha value is -1.69. The van der Waals surface area contributed by atoms with E-state index in [-0.39, 0.29) is 5.78 Å². The summed E-state index contributed by atoms with van der Waals surface area (Å²) in [5.41, 5.74) is 1.44. The zero-order valence-electron chi connectivity index (χ0n) is 12.4. The van der Waals surface area contributed by atoms with Crippen molar-refractivity contribution in [1.82, 2.24) is 4.90 Å². The van der Waals surface area contributed by atoms with Crippen LogP contribution in [0.25, 0.3) is 0 Å². The van der Waals surface area contributed by atoms with Gasteiger partial charge in [0.25, 0.3) is 0 Å². The average molecular weight is 317 g/mol. The summed E-state index contributed by atoms with van der Waals surface area (Å²) in [7, 11) is 0. The van der Waals surface area contributed by atoms with Gasteiger partial charge in [-0.1, -0.05) is 0 Å². The molecule has 3 rings (SSSR count). The van der Waals surface area contributed by atoms with Crippen molar-refractivity contribution in [2.24, 2.45) is 0 Å². The van der Waals surface area contributed by atoms with Gasteiger partial charge in [-0.3, -0.25) is 9.69 Å². The van der Waals surface area contributed by atoms with Crippen LogP contribution in [-0.2, 0) is 4.74 Å². The van der Waals surface area contributed by atoms with Crippen molar-refractivity contribution in [3.05, 3.63) is 52.2 Å². The highest BCUT2D eigenvalue weighted by Gasteiger charge is 2.11. The molecule has 22 heavy (non-hydrogen) atoms. The van der Waals surface area contributed by atoms with E-state index >= 15 is 0 Å². The Morgan fingerprint density at radius 2 is 1.91 bits per heavy atom. The largest absolute Gasteiger partial charge is 0.492 e. The van der Waals surface area contributed by atoms with E-state index in [1.54, 1.807) is 0 Å². The number of morpholine rings is 1. The molecule has 5 heteroatoms. The molecule has 0 bridgehead atoms. The Balaban J connectivity index is 1.50. The van der Waals surface area contributed by atoms with Crippen LogP contribution in [0, 0.1) is 0 Å². The Bertz CT molecular complexity index is 589. The number of thiophene rings is 1. The molecule has 2 heterocycles. The number of hydrogen-bond acceptors (Lipinski definition) is 5. The number of nitrogens with zero attached hydrogens (tertiary/aromatic N) is 1. The number of ketones is 1. The van der Waals surface area contributed by atoms with Crippen LogP contribution in [0.4, 0.5) is 0 Å². The summed E-state index contributed by atoms with van der Waals surface area (Å²) in [5.74, 6) is 0.858. The van der Waals surface area contributed by atoms with Gasteiger partial charge in [0.05, 0.1) is 13.2 Å². The summed E-state index contributed by atoms with van der Waals surface area (Å²) < 4.78 is 11.1. The van der Waals surface area contributed by atoms with Crippen molar-refractivity contribution < 1.29 is 14.3 Å². The van der Waals surface area contributed by atoms with Gasteiger partial charge in [0.15, 0.2) is 5.78 Å². The summed E-state index contributed by atoms with van der Waals surface area (Å²) in [5, 5.41) is 3.78. The molecule has 116 valence electrons. The fraction of sp³-hybridized carbons (Fsp3) is 0.353. The molecule has 2 aromatic rings. The van der Waals surface area contributed by atoms with Gasteiger partial charge < -0.3 is 9.47 Å². The van der Waals surface area contributed by atoms with Crippen LogP contribution in [0.5, 0.6) is 5.75 Å². The third-order valence-corrected chi connectivity index (χ3v) is 4.36. The monoisotopic (exact) mass is 317 g/mol. The van der Waals surface area contributed by atoms with Crippen molar-refractivity contribution in [3.63, 3.8) is 0 Å². The van der Waals surface area contributed by atoms with Gasteiger partial charge >= 0.3 is 0 Å². The first kappa shape index (κ1) is 15.2. The van der Waals surface area contributed by atoms with E-state index in [1.807, 2.05) is 41.1 Å². The minimum Gasteiger partial charge on any atom is -0.492 e. The minimum atomic E-state index is 0.0566. The number of benzene rings is 1. The molecule has 0 amide bonds. The molecule has 0 spiro atoms. The van der Waals surface area contributed by atoms with Crippen LogP contribution < -0.4 is 4.74 Å². The van der Waals surface area contributed by atoms with Crippen LogP contribution in [0.15, 0.2) is 41.1 Å². The number of rotatable bonds is 6. The summed E-state index contributed by atoms with van der Waals surface area (Å²) in [4.78, 5) is 14.5. The average Bonchev–Trinajstić information content (AvgIpc) is 3.10. The predicted octanol–water partition coefficient (Wildman–Crippen LogP) is 2.69. The molecule has 1 aromatic carbocycles. The normalized spacial score (nSPS) is 15.6. The fourth-order valence-electron chi connectivity index (χ4n) is 2.38. The van der Waals surface area contributed by atoms with Gasteiger partial charge in [-0.25, -0.2) is 0 Å². The number of carbonyl (C=O) groups is 1. The second kappa shape index (κ2) is 7.54. The summed E-state index contributed by atoms with van der Waals surface area (Å²) in [6.07, 6.45) is 0. The molecule has 0 aliphatic carbocycles. The van der Waals surface area contributed by atoms with Gasteiger partial charge in [-0.15, -0.1) is 0 Å². The van der Waals surface area contributed by atoms with E-state index in [0.717, 1.165) is 44.2 Å². The van der Waals surface area contributed by atoms with E-state index < -0.39 is 0 Å². The maximum atomic E-state index is 12.2. The predicted molar refractivity (Wildman–Crippen MR) is 86.9 cm³/mol. The summed E-state index contributed by atoms with van der Waals surface area (Å²) >= 11 is 1.53.